The highest BCUT2D eigenvalue weighted by molar-refractivity contribution is 5.82. The predicted octanol–water partition coefficient (Wildman–Crippen LogP) is 1.15. The average molecular weight is 222 g/mol. The molecule has 2 aliphatic carbocycles. The fourth-order valence-corrected chi connectivity index (χ4v) is 3.67. The van der Waals surface area contributed by atoms with E-state index in [9.17, 15) is 4.79 Å². The number of rotatable bonds is 3. The summed E-state index contributed by atoms with van der Waals surface area (Å²) in [5.74, 6) is 2.91. The van der Waals surface area contributed by atoms with E-state index in [1.807, 2.05) is 0 Å². The summed E-state index contributed by atoms with van der Waals surface area (Å²) in [6, 6.07) is 0. The zero-order chi connectivity index (χ0) is 11.0. The van der Waals surface area contributed by atoms with Gasteiger partial charge in [0.05, 0.1) is 0 Å². The minimum Gasteiger partial charge on any atom is -0.356 e. The maximum atomic E-state index is 11.9. The molecule has 0 radical (unpaired) electrons. The Balaban J connectivity index is 1.40. The van der Waals surface area contributed by atoms with E-state index < -0.39 is 0 Å². The van der Waals surface area contributed by atoms with E-state index >= 15 is 0 Å². The summed E-state index contributed by atoms with van der Waals surface area (Å²) in [7, 11) is 0. The molecular weight excluding hydrogens is 200 g/mol. The van der Waals surface area contributed by atoms with Gasteiger partial charge in [-0.15, -0.1) is 0 Å². The van der Waals surface area contributed by atoms with Gasteiger partial charge in [0.1, 0.15) is 0 Å². The van der Waals surface area contributed by atoms with Gasteiger partial charge in [-0.25, -0.2) is 0 Å². The zero-order valence-electron chi connectivity index (χ0n) is 9.87. The number of amides is 1. The van der Waals surface area contributed by atoms with Gasteiger partial charge in [0.15, 0.2) is 0 Å². The van der Waals surface area contributed by atoms with Crippen LogP contribution < -0.4 is 10.6 Å². The van der Waals surface area contributed by atoms with Crippen molar-refractivity contribution in [1.29, 1.82) is 0 Å². The Morgan fingerprint density at radius 3 is 2.69 bits per heavy atom. The number of hydrogen-bond acceptors (Lipinski definition) is 2. The number of hydrogen-bond donors (Lipinski definition) is 2. The van der Waals surface area contributed by atoms with Crippen molar-refractivity contribution in [2.45, 2.75) is 32.1 Å². The Hall–Kier alpha value is -0.570. The monoisotopic (exact) mass is 222 g/mol. The molecule has 0 aromatic carbocycles. The van der Waals surface area contributed by atoms with E-state index in [4.69, 9.17) is 0 Å². The van der Waals surface area contributed by atoms with Crippen LogP contribution >= 0.6 is 0 Å². The van der Waals surface area contributed by atoms with E-state index in [-0.39, 0.29) is 0 Å². The smallest absolute Gasteiger partial charge is 0.223 e. The van der Waals surface area contributed by atoms with Gasteiger partial charge in [0, 0.05) is 12.5 Å². The van der Waals surface area contributed by atoms with Crippen LogP contribution in [0.5, 0.6) is 0 Å². The highest BCUT2D eigenvalue weighted by Crippen LogP contribution is 2.57. The number of piperidine rings is 1. The summed E-state index contributed by atoms with van der Waals surface area (Å²) in [6.07, 6.45) is 6.48. The summed E-state index contributed by atoms with van der Waals surface area (Å²) in [5, 5.41) is 6.56. The number of carbonyl (C=O) groups excluding carboxylic acids is 1. The molecule has 0 bridgehead atoms. The van der Waals surface area contributed by atoms with Crippen molar-refractivity contribution in [2.75, 3.05) is 19.6 Å². The SMILES string of the molecule is O=C(NCC1CCCNC1)C1C2CCCC21. The molecule has 0 spiro atoms. The van der Waals surface area contributed by atoms with Crippen molar-refractivity contribution in [3.8, 4) is 0 Å². The second-order valence-electron chi connectivity index (χ2n) is 5.74. The Morgan fingerprint density at radius 1 is 1.19 bits per heavy atom. The fraction of sp³-hybridized carbons (Fsp3) is 0.923. The normalized spacial score (nSPS) is 41.5. The van der Waals surface area contributed by atoms with Crippen molar-refractivity contribution in [3.63, 3.8) is 0 Å². The lowest BCUT2D eigenvalue weighted by atomic mass is 9.99. The molecule has 2 saturated carbocycles. The molecule has 0 aromatic rings. The van der Waals surface area contributed by atoms with E-state index in [1.165, 1.54) is 32.1 Å². The lowest BCUT2D eigenvalue weighted by molar-refractivity contribution is -0.123. The molecule has 3 fully saturated rings. The van der Waals surface area contributed by atoms with Crippen LogP contribution in [0.1, 0.15) is 32.1 Å². The van der Waals surface area contributed by atoms with Gasteiger partial charge < -0.3 is 10.6 Å². The van der Waals surface area contributed by atoms with Gasteiger partial charge in [0.25, 0.3) is 0 Å². The summed E-state index contributed by atoms with van der Waals surface area (Å²) in [5.41, 5.74) is 0. The lowest BCUT2D eigenvalue weighted by Crippen LogP contribution is -2.38. The van der Waals surface area contributed by atoms with Crippen molar-refractivity contribution >= 4 is 5.91 Å². The van der Waals surface area contributed by atoms with Crippen LogP contribution in [-0.2, 0) is 4.79 Å². The molecular formula is C13H22N2O. The third kappa shape index (κ3) is 1.97. The summed E-state index contributed by atoms with van der Waals surface area (Å²) < 4.78 is 0. The molecule has 0 aromatic heterocycles. The average Bonchev–Trinajstić information content (AvgIpc) is 2.81. The highest BCUT2D eigenvalue weighted by atomic mass is 16.2. The summed E-state index contributed by atoms with van der Waals surface area (Å²) in [4.78, 5) is 11.9. The zero-order valence-corrected chi connectivity index (χ0v) is 9.87. The third-order valence-corrected chi connectivity index (χ3v) is 4.67. The van der Waals surface area contributed by atoms with Gasteiger partial charge >= 0.3 is 0 Å². The van der Waals surface area contributed by atoms with Crippen molar-refractivity contribution in [3.05, 3.63) is 0 Å². The highest BCUT2D eigenvalue weighted by Gasteiger charge is 2.56. The van der Waals surface area contributed by atoms with Crippen LogP contribution in [0.2, 0.25) is 0 Å². The first-order chi connectivity index (χ1) is 7.86. The Morgan fingerprint density at radius 2 is 2.00 bits per heavy atom. The van der Waals surface area contributed by atoms with E-state index in [1.54, 1.807) is 0 Å². The van der Waals surface area contributed by atoms with Crippen LogP contribution in [-0.4, -0.2) is 25.5 Å². The van der Waals surface area contributed by atoms with Crippen LogP contribution in [0, 0.1) is 23.7 Å². The largest absolute Gasteiger partial charge is 0.356 e. The second-order valence-corrected chi connectivity index (χ2v) is 5.74. The first kappa shape index (κ1) is 10.6. The van der Waals surface area contributed by atoms with Crippen LogP contribution in [0.3, 0.4) is 0 Å². The van der Waals surface area contributed by atoms with E-state index in [0.29, 0.717) is 17.7 Å². The molecule has 1 amide bonds. The molecule has 3 heteroatoms. The van der Waals surface area contributed by atoms with Gasteiger partial charge in [-0.3, -0.25) is 4.79 Å². The van der Waals surface area contributed by atoms with Crippen LogP contribution in [0.25, 0.3) is 0 Å². The quantitative estimate of drug-likeness (QED) is 0.752. The molecule has 3 atom stereocenters. The molecule has 3 unspecified atom stereocenters. The molecule has 90 valence electrons. The molecule has 3 aliphatic rings. The molecule has 1 heterocycles. The van der Waals surface area contributed by atoms with Crippen molar-refractivity contribution in [1.82, 2.24) is 10.6 Å². The number of nitrogens with one attached hydrogen (secondary N) is 2. The second kappa shape index (κ2) is 4.36. The Labute approximate surface area is 97.4 Å². The molecule has 1 saturated heterocycles. The Kier molecular flexibility index (Phi) is 2.88. The number of fused-ring (bicyclic) bond motifs is 1. The van der Waals surface area contributed by atoms with Crippen molar-refractivity contribution < 1.29 is 4.79 Å². The lowest BCUT2D eigenvalue weighted by Gasteiger charge is -2.23. The van der Waals surface area contributed by atoms with E-state index in [0.717, 1.165) is 31.5 Å². The molecule has 16 heavy (non-hydrogen) atoms. The number of carbonyl (C=O) groups is 1. The van der Waals surface area contributed by atoms with Crippen LogP contribution in [0.15, 0.2) is 0 Å². The topological polar surface area (TPSA) is 41.1 Å². The third-order valence-electron chi connectivity index (χ3n) is 4.67. The molecule has 1 aliphatic heterocycles. The minimum absolute atomic E-state index is 0.347. The molecule has 3 rings (SSSR count). The predicted molar refractivity (Wildman–Crippen MR) is 62.9 cm³/mol. The van der Waals surface area contributed by atoms with Gasteiger partial charge in [0.2, 0.25) is 5.91 Å². The van der Waals surface area contributed by atoms with Gasteiger partial charge in [-0.2, -0.15) is 0 Å². The maximum Gasteiger partial charge on any atom is 0.223 e. The molecule has 3 nitrogen and oxygen atoms in total. The van der Waals surface area contributed by atoms with Crippen LogP contribution in [0.4, 0.5) is 0 Å². The van der Waals surface area contributed by atoms with E-state index in [2.05, 4.69) is 10.6 Å². The maximum absolute atomic E-state index is 11.9. The fourth-order valence-electron chi connectivity index (χ4n) is 3.67. The summed E-state index contributed by atoms with van der Waals surface area (Å²) in [6.45, 7) is 3.12. The minimum atomic E-state index is 0.347. The molecule has 2 N–H and O–H groups in total. The first-order valence-electron chi connectivity index (χ1n) is 6.84. The Bertz CT molecular complexity index is 263. The summed E-state index contributed by atoms with van der Waals surface area (Å²) >= 11 is 0. The standard InChI is InChI=1S/C13H22N2O/c16-13(12-10-4-1-5-11(10)12)15-8-9-3-2-6-14-7-9/h9-12,14H,1-8H2,(H,15,16). The first-order valence-corrected chi connectivity index (χ1v) is 6.84. The van der Waals surface area contributed by atoms with Gasteiger partial charge in [-0.05, 0) is 56.5 Å². The van der Waals surface area contributed by atoms with Gasteiger partial charge in [-0.1, -0.05) is 6.42 Å². The van der Waals surface area contributed by atoms with Crippen molar-refractivity contribution in [2.24, 2.45) is 23.7 Å².